The summed E-state index contributed by atoms with van der Waals surface area (Å²) in [6.45, 7) is 8.32. The van der Waals surface area contributed by atoms with Crippen LogP contribution in [-0.4, -0.2) is 0 Å². The average Bonchev–Trinajstić information content (AvgIpc) is 1.87. The summed E-state index contributed by atoms with van der Waals surface area (Å²) in [6.07, 6.45) is 8.38. The van der Waals surface area contributed by atoms with Crippen molar-refractivity contribution in [1.82, 2.24) is 0 Å². The Bertz CT molecular complexity index is 164. The van der Waals surface area contributed by atoms with Gasteiger partial charge >= 0.3 is 0 Å². The molecule has 0 bridgehead atoms. The molecule has 0 saturated heterocycles. The zero-order valence-electron chi connectivity index (χ0n) is 7.31. The lowest BCUT2D eigenvalue weighted by Crippen LogP contribution is -1.64. The third kappa shape index (κ3) is 5.36. The highest BCUT2D eigenvalue weighted by atomic mass is 13.8. The topological polar surface area (TPSA) is 0 Å². The molecule has 0 fully saturated rings. The standard InChI is InChI=1S/C10H16/c1-5-10(4)8-6-7-9(2)3/h5-8H,1-4H3/b8-6+,10-5-. The summed E-state index contributed by atoms with van der Waals surface area (Å²) in [7, 11) is 0. The molecule has 0 heterocycles. The average molecular weight is 136 g/mol. The molecule has 0 saturated carbocycles. The second-order valence-electron chi connectivity index (χ2n) is 2.64. The molecule has 0 radical (unpaired) electrons. The van der Waals surface area contributed by atoms with Gasteiger partial charge in [-0.05, 0) is 27.7 Å². The molecule has 0 spiro atoms. The molecule has 0 aliphatic carbocycles. The third-order valence-electron chi connectivity index (χ3n) is 1.24. The van der Waals surface area contributed by atoms with Crippen LogP contribution >= 0.6 is 0 Å². The largest absolute Gasteiger partial charge is 0.0847 e. The van der Waals surface area contributed by atoms with E-state index in [2.05, 4.69) is 45.1 Å². The first-order valence-corrected chi connectivity index (χ1v) is 3.61. The fraction of sp³-hybridized carbons (Fsp3) is 0.400. The van der Waals surface area contributed by atoms with Crippen LogP contribution in [0.3, 0.4) is 0 Å². The van der Waals surface area contributed by atoms with Gasteiger partial charge in [0, 0.05) is 0 Å². The minimum Gasteiger partial charge on any atom is -0.0847 e. The Balaban J connectivity index is 3.90. The Kier molecular flexibility index (Phi) is 4.65. The minimum atomic E-state index is 1.30. The summed E-state index contributed by atoms with van der Waals surface area (Å²) in [5.74, 6) is 0. The summed E-state index contributed by atoms with van der Waals surface area (Å²) in [6, 6.07) is 0. The first kappa shape index (κ1) is 9.22. The van der Waals surface area contributed by atoms with Gasteiger partial charge in [-0.2, -0.15) is 0 Å². The van der Waals surface area contributed by atoms with Crippen molar-refractivity contribution in [1.29, 1.82) is 0 Å². The van der Waals surface area contributed by atoms with Gasteiger partial charge in [0.1, 0.15) is 0 Å². The van der Waals surface area contributed by atoms with E-state index in [1.54, 1.807) is 0 Å². The predicted octanol–water partition coefficient (Wildman–Crippen LogP) is 3.48. The fourth-order valence-corrected chi connectivity index (χ4v) is 0.489. The van der Waals surface area contributed by atoms with Gasteiger partial charge in [0.05, 0.1) is 0 Å². The molecular weight excluding hydrogens is 120 g/mol. The second kappa shape index (κ2) is 5.04. The molecule has 0 unspecified atom stereocenters. The van der Waals surface area contributed by atoms with Gasteiger partial charge in [0.2, 0.25) is 0 Å². The molecule has 0 aliphatic heterocycles. The van der Waals surface area contributed by atoms with E-state index in [1.807, 2.05) is 6.92 Å². The number of rotatable bonds is 2. The molecule has 0 aliphatic rings. The summed E-state index contributed by atoms with van der Waals surface area (Å²) in [5.41, 5.74) is 2.64. The van der Waals surface area contributed by atoms with Crippen molar-refractivity contribution in [2.45, 2.75) is 27.7 Å². The fourth-order valence-electron chi connectivity index (χ4n) is 0.489. The van der Waals surface area contributed by atoms with Crippen molar-refractivity contribution in [2.75, 3.05) is 0 Å². The molecule has 0 atom stereocenters. The van der Waals surface area contributed by atoms with E-state index >= 15 is 0 Å². The number of hydrogen-bond donors (Lipinski definition) is 0. The van der Waals surface area contributed by atoms with E-state index < -0.39 is 0 Å². The van der Waals surface area contributed by atoms with E-state index in [0.29, 0.717) is 0 Å². The third-order valence-corrected chi connectivity index (χ3v) is 1.24. The van der Waals surface area contributed by atoms with Gasteiger partial charge in [0.25, 0.3) is 0 Å². The first-order chi connectivity index (χ1) is 4.66. The SMILES string of the molecule is C/C=C(C)\C=C\C=C(C)C. The van der Waals surface area contributed by atoms with Crippen LogP contribution in [0.1, 0.15) is 27.7 Å². The maximum Gasteiger partial charge on any atom is -0.0401 e. The predicted molar refractivity (Wildman–Crippen MR) is 48.0 cm³/mol. The van der Waals surface area contributed by atoms with Crippen LogP contribution in [0, 0.1) is 0 Å². The van der Waals surface area contributed by atoms with Crippen molar-refractivity contribution >= 4 is 0 Å². The van der Waals surface area contributed by atoms with Crippen LogP contribution in [0.15, 0.2) is 35.5 Å². The number of hydrogen-bond acceptors (Lipinski definition) is 0. The normalized spacial score (nSPS) is 12.2. The Labute approximate surface area is 64.0 Å². The van der Waals surface area contributed by atoms with Gasteiger partial charge in [-0.25, -0.2) is 0 Å². The molecule has 0 aromatic carbocycles. The molecule has 0 aromatic heterocycles. The molecule has 0 nitrogen and oxygen atoms in total. The lowest BCUT2D eigenvalue weighted by Gasteiger charge is -1.85. The lowest BCUT2D eigenvalue weighted by atomic mass is 10.2. The highest BCUT2D eigenvalue weighted by Gasteiger charge is 1.74. The number of allylic oxidation sites excluding steroid dienone is 6. The second-order valence-corrected chi connectivity index (χ2v) is 2.64. The quantitative estimate of drug-likeness (QED) is 0.510. The van der Waals surface area contributed by atoms with Gasteiger partial charge in [-0.15, -0.1) is 0 Å². The minimum absolute atomic E-state index is 1.30. The van der Waals surface area contributed by atoms with Crippen molar-refractivity contribution in [2.24, 2.45) is 0 Å². The van der Waals surface area contributed by atoms with Crippen molar-refractivity contribution in [3.8, 4) is 0 Å². The van der Waals surface area contributed by atoms with Crippen molar-refractivity contribution < 1.29 is 0 Å². The summed E-state index contributed by atoms with van der Waals surface area (Å²) in [5, 5.41) is 0. The van der Waals surface area contributed by atoms with Gasteiger partial charge in [0.15, 0.2) is 0 Å². The van der Waals surface area contributed by atoms with E-state index in [-0.39, 0.29) is 0 Å². The molecule has 0 heteroatoms. The summed E-state index contributed by atoms with van der Waals surface area (Å²) >= 11 is 0. The Hall–Kier alpha value is -0.780. The molecule has 0 aromatic rings. The zero-order valence-corrected chi connectivity index (χ0v) is 7.31. The van der Waals surface area contributed by atoms with E-state index in [1.165, 1.54) is 11.1 Å². The summed E-state index contributed by atoms with van der Waals surface area (Å²) < 4.78 is 0. The van der Waals surface area contributed by atoms with Crippen LogP contribution in [0.5, 0.6) is 0 Å². The zero-order chi connectivity index (χ0) is 7.98. The van der Waals surface area contributed by atoms with Crippen molar-refractivity contribution in [3.63, 3.8) is 0 Å². The van der Waals surface area contributed by atoms with Crippen LogP contribution in [0.25, 0.3) is 0 Å². The smallest absolute Gasteiger partial charge is 0.0401 e. The van der Waals surface area contributed by atoms with E-state index in [4.69, 9.17) is 0 Å². The Morgan fingerprint density at radius 3 is 2.10 bits per heavy atom. The van der Waals surface area contributed by atoms with Gasteiger partial charge in [-0.1, -0.05) is 35.5 Å². The Morgan fingerprint density at radius 2 is 1.70 bits per heavy atom. The van der Waals surface area contributed by atoms with Crippen LogP contribution in [0.4, 0.5) is 0 Å². The molecule has 0 amide bonds. The maximum atomic E-state index is 2.10. The van der Waals surface area contributed by atoms with E-state index in [9.17, 15) is 0 Å². The first-order valence-electron chi connectivity index (χ1n) is 3.61. The molecule has 0 rings (SSSR count). The van der Waals surface area contributed by atoms with Crippen LogP contribution in [0.2, 0.25) is 0 Å². The monoisotopic (exact) mass is 136 g/mol. The van der Waals surface area contributed by atoms with E-state index in [0.717, 1.165) is 0 Å². The van der Waals surface area contributed by atoms with Crippen molar-refractivity contribution in [3.05, 3.63) is 35.5 Å². The lowest BCUT2D eigenvalue weighted by molar-refractivity contribution is 1.39. The van der Waals surface area contributed by atoms with Crippen LogP contribution < -0.4 is 0 Å². The molecule has 56 valence electrons. The summed E-state index contributed by atoms with van der Waals surface area (Å²) in [4.78, 5) is 0. The highest BCUT2D eigenvalue weighted by Crippen LogP contribution is 1.95. The molecule has 0 N–H and O–H groups in total. The van der Waals surface area contributed by atoms with Gasteiger partial charge in [-0.3, -0.25) is 0 Å². The Morgan fingerprint density at radius 1 is 1.10 bits per heavy atom. The molecular formula is C10H16. The van der Waals surface area contributed by atoms with Gasteiger partial charge < -0.3 is 0 Å². The maximum absolute atomic E-state index is 2.10. The highest BCUT2D eigenvalue weighted by molar-refractivity contribution is 5.20. The molecule has 10 heavy (non-hydrogen) atoms. The van der Waals surface area contributed by atoms with Crippen LogP contribution in [-0.2, 0) is 0 Å².